The normalized spacial score (nSPS) is 10.6. The van der Waals surface area contributed by atoms with Crippen molar-refractivity contribution in [1.29, 1.82) is 0 Å². The second-order valence-corrected chi connectivity index (χ2v) is 7.53. The molecule has 0 bridgehead atoms. The number of nitrogens with one attached hydrogen (secondary N) is 3. The fourth-order valence-corrected chi connectivity index (χ4v) is 3.17. The van der Waals surface area contributed by atoms with Crippen molar-refractivity contribution in [2.45, 2.75) is 6.92 Å². The van der Waals surface area contributed by atoms with Crippen LogP contribution < -0.4 is 16.1 Å². The summed E-state index contributed by atoms with van der Waals surface area (Å²) in [5, 5.41) is 9.72. The number of aryl methyl sites for hydroxylation is 1. The van der Waals surface area contributed by atoms with Crippen LogP contribution in [0.4, 0.5) is 11.4 Å². The van der Waals surface area contributed by atoms with Crippen LogP contribution >= 0.6 is 23.2 Å². The van der Waals surface area contributed by atoms with Crippen LogP contribution in [0.25, 0.3) is 0 Å². The smallest absolute Gasteiger partial charge is 0.322 e. The maximum absolute atomic E-state index is 12.7. The molecular weight excluding hydrogens is 451 g/mol. The highest BCUT2D eigenvalue weighted by Crippen LogP contribution is 2.20. The number of carbonyl (C=O) groups excluding carboxylic acids is 3. The van der Waals surface area contributed by atoms with E-state index in [1.807, 2.05) is 25.1 Å². The molecule has 0 saturated heterocycles. The molecule has 0 aliphatic carbocycles. The first kappa shape index (κ1) is 23.0. The highest BCUT2D eigenvalue weighted by molar-refractivity contribution is 6.40. The Morgan fingerprint density at radius 2 is 1.66 bits per heavy atom. The van der Waals surface area contributed by atoms with Gasteiger partial charge in [-0.1, -0.05) is 53.5 Å². The Hall–Kier alpha value is -3.68. The van der Waals surface area contributed by atoms with Gasteiger partial charge in [0.15, 0.2) is 0 Å². The van der Waals surface area contributed by atoms with Crippen LogP contribution in [0, 0.1) is 6.92 Å². The minimum absolute atomic E-state index is 0.183. The molecule has 9 heteroatoms. The standard InChI is InChI=1S/C23H18Cl2N4O3/c1-14-5-4-6-17(11-14)27-21(30)18-7-2-3-8-20(18)28-22(31)23(32)29-26-13-15-9-10-16(24)12-19(15)25/h2-13H,1H3,(H,27,30)(H,28,31)(H,29,32)/b26-13+. The second-order valence-electron chi connectivity index (χ2n) is 6.69. The van der Waals surface area contributed by atoms with Gasteiger partial charge in [0.2, 0.25) is 0 Å². The SMILES string of the molecule is Cc1cccc(NC(=O)c2ccccc2NC(=O)C(=O)N/N=C/c2ccc(Cl)cc2Cl)c1. The lowest BCUT2D eigenvalue weighted by molar-refractivity contribution is -0.136. The van der Waals surface area contributed by atoms with E-state index in [0.29, 0.717) is 21.3 Å². The Bertz CT molecular complexity index is 1210. The average Bonchev–Trinajstić information content (AvgIpc) is 2.75. The van der Waals surface area contributed by atoms with E-state index in [1.54, 1.807) is 36.4 Å². The van der Waals surface area contributed by atoms with Gasteiger partial charge in [-0.05, 0) is 48.9 Å². The lowest BCUT2D eigenvalue weighted by Crippen LogP contribution is -2.33. The Kier molecular flexibility index (Phi) is 7.59. The van der Waals surface area contributed by atoms with Crippen LogP contribution in [0.1, 0.15) is 21.5 Å². The average molecular weight is 469 g/mol. The molecule has 0 atom stereocenters. The van der Waals surface area contributed by atoms with Crippen LogP contribution in [-0.2, 0) is 9.59 Å². The van der Waals surface area contributed by atoms with Crippen LogP contribution in [0.15, 0.2) is 71.8 Å². The van der Waals surface area contributed by atoms with Gasteiger partial charge >= 0.3 is 11.8 Å². The molecule has 0 spiro atoms. The van der Waals surface area contributed by atoms with Crippen molar-refractivity contribution in [2.24, 2.45) is 5.10 Å². The summed E-state index contributed by atoms with van der Waals surface area (Å²) in [6.07, 6.45) is 1.28. The molecule has 0 saturated carbocycles. The van der Waals surface area contributed by atoms with Crippen molar-refractivity contribution < 1.29 is 14.4 Å². The number of anilines is 2. The molecule has 3 N–H and O–H groups in total. The van der Waals surface area contributed by atoms with Gasteiger partial charge in [-0.15, -0.1) is 0 Å². The first-order valence-corrected chi connectivity index (χ1v) is 10.2. The highest BCUT2D eigenvalue weighted by atomic mass is 35.5. The van der Waals surface area contributed by atoms with Gasteiger partial charge in [0.05, 0.1) is 22.5 Å². The van der Waals surface area contributed by atoms with Crippen molar-refractivity contribution in [2.75, 3.05) is 10.6 Å². The number of hydrogen-bond donors (Lipinski definition) is 3. The van der Waals surface area contributed by atoms with E-state index >= 15 is 0 Å². The van der Waals surface area contributed by atoms with Crippen LogP contribution in [0.3, 0.4) is 0 Å². The Morgan fingerprint density at radius 1 is 0.875 bits per heavy atom. The molecule has 3 aromatic rings. The quantitative estimate of drug-likeness (QED) is 0.288. The fourth-order valence-electron chi connectivity index (χ4n) is 2.71. The lowest BCUT2D eigenvalue weighted by atomic mass is 10.1. The van der Waals surface area contributed by atoms with Gasteiger partial charge in [-0.25, -0.2) is 5.43 Å². The number of para-hydroxylation sites is 1. The minimum atomic E-state index is -1.01. The molecule has 3 amide bonds. The summed E-state index contributed by atoms with van der Waals surface area (Å²) in [5.74, 6) is -2.43. The summed E-state index contributed by atoms with van der Waals surface area (Å²) in [6, 6.07) is 18.4. The molecule has 0 aromatic heterocycles. The fraction of sp³-hybridized carbons (Fsp3) is 0.0435. The number of amides is 3. The Balaban J connectivity index is 1.65. The van der Waals surface area contributed by atoms with Crippen molar-refractivity contribution in [3.8, 4) is 0 Å². The molecular formula is C23H18Cl2N4O3. The summed E-state index contributed by atoms with van der Waals surface area (Å²) < 4.78 is 0. The van der Waals surface area contributed by atoms with Crippen molar-refractivity contribution in [3.05, 3.63) is 93.5 Å². The van der Waals surface area contributed by atoms with Crippen molar-refractivity contribution in [3.63, 3.8) is 0 Å². The van der Waals surface area contributed by atoms with Gasteiger partial charge in [0.1, 0.15) is 0 Å². The molecule has 3 aromatic carbocycles. The number of nitrogens with zero attached hydrogens (tertiary/aromatic N) is 1. The molecule has 7 nitrogen and oxygen atoms in total. The predicted octanol–water partition coefficient (Wildman–Crippen LogP) is 4.64. The molecule has 32 heavy (non-hydrogen) atoms. The van der Waals surface area contributed by atoms with Gasteiger partial charge < -0.3 is 10.6 Å². The summed E-state index contributed by atoms with van der Waals surface area (Å²) >= 11 is 11.8. The number of rotatable bonds is 5. The third-order valence-corrected chi connectivity index (χ3v) is 4.80. The van der Waals surface area contributed by atoms with Crippen LogP contribution in [0.2, 0.25) is 10.0 Å². The monoisotopic (exact) mass is 468 g/mol. The molecule has 3 rings (SSSR count). The van der Waals surface area contributed by atoms with Crippen molar-refractivity contribution in [1.82, 2.24) is 5.43 Å². The van der Waals surface area contributed by atoms with Crippen LogP contribution in [-0.4, -0.2) is 23.9 Å². The third-order valence-electron chi connectivity index (χ3n) is 4.23. The molecule has 162 valence electrons. The highest BCUT2D eigenvalue weighted by Gasteiger charge is 2.17. The summed E-state index contributed by atoms with van der Waals surface area (Å²) in [6.45, 7) is 1.91. The van der Waals surface area contributed by atoms with E-state index in [1.165, 1.54) is 18.3 Å². The van der Waals surface area contributed by atoms with E-state index in [0.717, 1.165) is 5.56 Å². The molecule has 0 fully saturated rings. The molecule has 0 heterocycles. The molecule has 0 radical (unpaired) electrons. The van der Waals surface area contributed by atoms with E-state index in [4.69, 9.17) is 23.2 Å². The predicted molar refractivity (Wildman–Crippen MR) is 126 cm³/mol. The van der Waals surface area contributed by atoms with Gasteiger partial charge in [-0.3, -0.25) is 14.4 Å². The maximum atomic E-state index is 12.7. The van der Waals surface area contributed by atoms with E-state index in [9.17, 15) is 14.4 Å². The number of hydrogen-bond acceptors (Lipinski definition) is 4. The van der Waals surface area contributed by atoms with Gasteiger partial charge in [-0.2, -0.15) is 5.10 Å². The zero-order chi connectivity index (χ0) is 23.1. The zero-order valence-corrected chi connectivity index (χ0v) is 18.4. The zero-order valence-electron chi connectivity index (χ0n) is 16.9. The number of benzene rings is 3. The van der Waals surface area contributed by atoms with E-state index < -0.39 is 17.7 Å². The lowest BCUT2D eigenvalue weighted by Gasteiger charge is -2.11. The largest absolute Gasteiger partial charge is 0.329 e. The third kappa shape index (κ3) is 6.16. The first-order valence-electron chi connectivity index (χ1n) is 9.40. The number of halogens is 2. The van der Waals surface area contributed by atoms with Crippen molar-refractivity contribution >= 4 is 58.5 Å². The molecule has 0 aliphatic heterocycles. The first-order chi connectivity index (χ1) is 15.3. The summed E-state index contributed by atoms with van der Waals surface area (Å²) in [4.78, 5) is 37.0. The van der Waals surface area contributed by atoms with E-state index in [-0.39, 0.29) is 11.3 Å². The van der Waals surface area contributed by atoms with E-state index in [2.05, 4.69) is 21.2 Å². The van der Waals surface area contributed by atoms with Gasteiger partial charge in [0.25, 0.3) is 5.91 Å². The second kappa shape index (κ2) is 10.6. The summed E-state index contributed by atoms with van der Waals surface area (Å²) in [5.41, 5.74) is 4.61. The molecule has 0 unspecified atom stereocenters. The van der Waals surface area contributed by atoms with Gasteiger partial charge in [0, 0.05) is 16.3 Å². The minimum Gasteiger partial charge on any atom is -0.322 e. The topological polar surface area (TPSA) is 99.7 Å². The summed E-state index contributed by atoms with van der Waals surface area (Å²) in [7, 11) is 0. The molecule has 0 aliphatic rings. The van der Waals surface area contributed by atoms with Crippen LogP contribution in [0.5, 0.6) is 0 Å². The Morgan fingerprint density at radius 3 is 2.41 bits per heavy atom. The maximum Gasteiger partial charge on any atom is 0.329 e. The number of hydrazone groups is 1. The number of carbonyl (C=O) groups is 3. The Labute approximate surface area is 194 Å².